The number of anilines is 1. The molecule has 0 aromatic heterocycles. The van der Waals surface area contributed by atoms with Gasteiger partial charge in [-0.1, -0.05) is 60.0 Å². The van der Waals surface area contributed by atoms with Crippen LogP contribution < -0.4 is 9.62 Å². The van der Waals surface area contributed by atoms with Gasteiger partial charge in [0.1, 0.15) is 12.6 Å². The van der Waals surface area contributed by atoms with Crippen molar-refractivity contribution in [2.75, 3.05) is 10.8 Å². The van der Waals surface area contributed by atoms with Crippen LogP contribution in [-0.2, 0) is 26.2 Å². The van der Waals surface area contributed by atoms with Gasteiger partial charge in [0.15, 0.2) is 0 Å². The maximum Gasteiger partial charge on any atom is 0.264 e. The van der Waals surface area contributed by atoms with E-state index in [0.717, 1.165) is 21.9 Å². The topological polar surface area (TPSA) is 86.8 Å². The van der Waals surface area contributed by atoms with Gasteiger partial charge in [-0.3, -0.25) is 13.9 Å². The third-order valence-corrected chi connectivity index (χ3v) is 9.01. The Morgan fingerprint density at radius 2 is 1.50 bits per heavy atom. The van der Waals surface area contributed by atoms with Gasteiger partial charge >= 0.3 is 0 Å². The summed E-state index contributed by atoms with van der Waals surface area (Å²) in [6.45, 7) is 8.64. The molecule has 214 valence electrons. The lowest BCUT2D eigenvalue weighted by Crippen LogP contribution is -2.52. The van der Waals surface area contributed by atoms with Crippen LogP contribution in [0.4, 0.5) is 5.69 Å². The van der Waals surface area contributed by atoms with E-state index >= 15 is 0 Å². The number of benzene rings is 3. The lowest BCUT2D eigenvalue weighted by Gasteiger charge is -2.33. The van der Waals surface area contributed by atoms with E-state index in [4.69, 9.17) is 23.2 Å². The van der Waals surface area contributed by atoms with Crippen LogP contribution in [-0.4, -0.2) is 43.8 Å². The van der Waals surface area contributed by atoms with Crippen molar-refractivity contribution in [3.63, 3.8) is 0 Å². The highest BCUT2D eigenvalue weighted by Gasteiger charge is 2.33. The monoisotopic (exact) mass is 603 g/mol. The molecule has 3 aromatic carbocycles. The van der Waals surface area contributed by atoms with E-state index < -0.39 is 28.5 Å². The van der Waals surface area contributed by atoms with Crippen LogP contribution in [0, 0.1) is 13.8 Å². The fourth-order valence-corrected chi connectivity index (χ4v) is 5.92. The molecule has 7 nitrogen and oxygen atoms in total. The van der Waals surface area contributed by atoms with Gasteiger partial charge in [0, 0.05) is 22.6 Å². The molecule has 0 aliphatic carbocycles. The molecule has 0 radical (unpaired) electrons. The second kappa shape index (κ2) is 13.5. The van der Waals surface area contributed by atoms with Gasteiger partial charge in [0.25, 0.3) is 10.0 Å². The van der Waals surface area contributed by atoms with Crippen LogP contribution >= 0.6 is 23.2 Å². The molecule has 2 amide bonds. The molecule has 0 spiro atoms. The Morgan fingerprint density at radius 1 is 0.900 bits per heavy atom. The van der Waals surface area contributed by atoms with E-state index in [0.29, 0.717) is 21.3 Å². The summed E-state index contributed by atoms with van der Waals surface area (Å²) >= 11 is 12.2. The molecule has 0 heterocycles. The van der Waals surface area contributed by atoms with Crippen LogP contribution in [0.2, 0.25) is 10.0 Å². The van der Waals surface area contributed by atoms with Gasteiger partial charge < -0.3 is 10.2 Å². The van der Waals surface area contributed by atoms with Crippen molar-refractivity contribution in [2.45, 2.75) is 64.6 Å². The summed E-state index contributed by atoms with van der Waals surface area (Å²) in [6.07, 6.45) is 0.724. The molecule has 2 atom stereocenters. The minimum atomic E-state index is -4.16. The third-order valence-electron chi connectivity index (χ3n) is 6.75. The molecule has 3 aromatic rings. The first kappa shape index (κ1) is 31.5. The van der Waals surface area contributed by atoms with Crippen molar-refractivity contribution >= 4 is 50.7 Å². The van der Waals surface area contributed by atoms with Crippen molar-refractivity contribution in [3.05, 3.63) is 93.5 Å². The normalized spacial score (nSPS) is 12.9. The molecule has 0 saturated carbocycles. The Morgan fingerprint density at radius 3 is 2.08 bits per heavy atom. The predicted molar refractivity (Wildman–Crippen MR) is 161 cm³/mol. The minimum absolute atomic E-state index is 0.0482. The molecular formula is C30H35Cl2N3O4S. The molecule has 40 heavy (non-hydrogen) atoms. The van der Waals surface area contributed by atoms with E-state index in [1.807, 2.05) is 20.8 Å². The average Bonchev–Trinajstić information content (AvgIpc) is 2.91. The van der Waals surface area contributed by atoms with Gasteiger partial charge in [0.05, 0.1) is 10.6 Å². The Bertz CT molecular complexity index is 1440. The van der Waals surface area contributed by atoms with Crippen molar-refractivity contribution in [3.8, 4) is 0 Å². The minimum Gasteiger partial charge on any atom is -0.352 e. The van der Waals surface area contributed by atoms with Crippen molar-refractivity contribution in [1.29, 1.82) is 0 Å². The number of hydrogen-bond donors (Lipinski definition) is 1. The van der Waals surface area contributed by atoms with Crippen molar-refractivity contribution in [1.82, 2.24) is 10.2 Å². The number of rotatable bonds is 11. The van der Waals surface area contributed by atoms with E-state index in [2.05, 4.69) is 5.32 Å². The van der Waals surface area contributed by atoms with Crippen LogP contribution in [0.25, 0.3) is 0 Å². The molecule has 0 aliphatic rings. The fraction of sp³-hybridized carbons (Fsp3) is 0.333. The fourth-order valence-electron chi connectivity index (χ4n) is 4.08. The molecule has 3 rings (SSSR count). The highest BCUT2D eigenvalue weighted by Crippen LogP contribution is 2.29. The number of sulfonamides is 1. The number of nitrogens with zero attached hydrogens (tertiary/aromatic N) is 2. The summed E-state index contributed by atoms with van der Waals surface area (Å²) in [7, 11) is -4.16. The summed E-state index contributed by atoms with van der Waals surface area (Å²) in [5.41, 5.74) is 2.56. The van der Waals surface area contributed by atoms with Crippen LogP contribution in [0.15, 0.2) is 71.6 Å². The highest BCUT2D eigenvalue weighted by molar-refractivity contribution is 7.92. The van der Waals surface area contributed by atoms with Gasteiger partial charge in [-0.25, -0.2) is 8.42 Å². The molecular weight excluding hydrogens is 569 g/mol. The van der Waals surface area contributed by atoms with E-state index in [9.17, 15) is 18.0 Å². The largest absolute Gasteiger partial charge is 0.352 e. The Labute approximate surface area is 247 Å². The Balaban J connectivity index is 2.05. The number of hydrogen-bond acceptors (Lipinski definition) is 4. The number of aryl methyl sites for hydroxylation is 2. The van der Waals surface area contributed by atoms with Gasteiger partial charge in [0.2, 0.25) is 11.8 Å². The Kier molecular flexibility index (Phi) is 10.6. The molecule has 1 N–H and O–H groups in total. The van der Waals surface area contributed by atoms with E-state index in [1.54, 1.807) is 68.4 Å². The molecule has 2 unspecified atom stereocenters. The zero-order valence-electron chi connectivity index (χ0n) is 23.3. The average molecular weight is 605 g/mol. The summed E-state index contributed by atoms with van der Waals surface area (Å²) in [5, 5.41) is 3.90. The molecule has 0 saturated heterocycles. The van der Waals surface area contributed by atoms with Gasteiger partial charge in [-0.2, -0.15) is 0 Å². The van der Waals surface area contributed by atoms with Gasteiger partial charge in [-0.05, 0) is 87.7 Å². The molecule has 0 bridgehead atoms. The van der Waals surface area contributed by atoms with Crippen molar-refractivity contribution < 1.29 is 18.0 Å². The summed E-state index contributed by atoms with van der Waals surface area (Å²) in [5.74, 6) is -0.862. The summed E-state index contributed by atoms with van der Waals surface area (Å²) in [6, 6.07) is 17.2. The second-order valence-electron chi connectivity index (χ2n) is 9.90. The number of carbonyl (C=O) groups is 2. The molecule has 0 fully saturated rings. The van der Waals surface area contributed by atoms with Crippen LogP contribution in [0.1, 0.15) is 43.9 Å². The summed E-state index contributed by atoms with van der Waals surface area (Å²) < 4.78 is 29.0. The second-order valence-corrected chi connectivity index (χ2v) is 12.6. The maximum atomic E-state index is 14.0. The SMILES string of the molecule is CCC(C)NC(=O)C(C)N(Cc1ccc(Cl)cc1)C(=O)CN(c1ccc(Cl)cc1C)S(=O)(=O)c1ccc(C)cc1. The van der Waals surface area contributed by atoms with E-state index in [1.165, 1.54) is 17.0 Å². The standard InChI is InChI=1S/C30H35Cl2N3O4S/c1-6-22(4)33-30(37)23(5)34(18-24-9-11-25(31)12-10-24)29(36)19-35(28-16-13-26(32)17-21(28)3)40(38,39)27-14-7-20(2)8-15-27/h7-17,22-23H,6,18-19H2,1-5H3,(H,33,37). The first-order valence-electron chi connectivity index (χ1n) is 13.0. The van der Waals surface area contributed by atoms with E-state index in [-0.39, 0.29) is 23.4 Å². The number of halogens is 2. The maximum absolute atomic E-state index is 14.0. The van der Waals surface area contributed by atoms with Crippen LogP contribution in [0.5, 0.6) is 0 Å². The summed E-state index contributed by atoms with van der Waals surface area (Å²) in [4.78, 5) is 28.6. The molecule has 10 heteroatoms. The molecule has 0 aliphatic heterocycles. The number of carbonyl (C=O) groups excluding carboxylic acids is 2. The lowest BCUT2D eigenvalue weighted by atomic mass is 10.1. The van der Waals surface area contributed by atoms with Crippen LogP contribution in [0.3, 0.4) is 0 Å². The highest BCUT2D eigenvalue weighted by atomic mass is 35.5. The first-order valence-corrected chi connectivity index (χ1v) is 15.2. The first-order chi connectivity index (χ1) is 18.8. The zero-order chi connectivity index (χ0) is 29.6. The quantitative estimate of drug-likeness (QED) is 0.285. The Hall–Kier alpha value is -3.07. The van der Waals surface area contributed by atoms with Gasteiger partial charge in [-0.15, -0.1) is 0 Å². The number of nitrogens with one attached hydrogen (secondary N) is 1. The van der Waals surface area contributed by atoms with Crippen molar-refractivity contribution in [2.24, 2.45) is 0 Å². The lowest BCUT2D eigenvalue weighted by molar-refractivity contribution is -0.139. The smallest absolute Gasteiger partial charge is 0.264 e. The predicted octanol–water partition coefficient (Wildman–Crippen LogP) is 6.14. The number of amides is 2. The third kappa shape index (κ3) is 7.77. The zero-order valence-corrected chi connectivity index (χ0v) is 25.6.